The number of hydrogen-bond acceptors (Lipinski definition) is 5. The molecule has 2 heterocycles. The van der Waals surface area contributed by atoms with Crippen LogP contribution in [-0.2, 0) is 19.5 Å². The molecular weight excluding hydrogens is 266 g/mol. The zero-order chi connectivity index (χ0) is 14.8. The first-order chi connectivity index (χ1) is 10.2. The SMILES string of the molecule is COc1ccc(O)c(CN2CCc3nc(C)ncc3C2)c1. The van der Waals surface area contributed by atoms with E-state index in [-0.39, 0.29) is 0 Å². The van der Waals surface area contributed by atoms with Crippen molar-refractivity contribution in [2.24, 2.45) is 0 Å². The Morgan fingerprint density at radius 1 is 1.38 bits per heavy atom. The number of ether oxygens (including phenoxy) is 1. The van der Waals surface area contributed by atoms with E-state index in [0.717, 1.165) is 42.3 Å². The zero-order valence-electron chi connectivity index (χ0n) is 12.3. The largest absolute Gasteiger partial charge is 0.508 e. The van der Waals surface area contributed by atoms with Crippen molar-refractivity contribution < 1.29 is 9.84 Å². The topological polar surface area (TPSA) is 58.5 Å². The zero-order valence-corrected chi connectivity index (χ0v) is 12.3. The van der Waals surface area contributed by atoms with E-state index in [0.29, 0.717) is 12.3 Å². The van der Waals surface area contributed by atoms with Crippen molar-refractivity contribution in [2.45, 2.75) is 26.4 Å². The molecule has 1 aromatic carbocycles. The van der Waals surface area contributed by atoms with E-state index in [4.69, 9.17) is 4.74 Å². The van der Waals surface area contributed by atoms with Gasteiger partial charge in [-0.1, -0.05) is 0 Å². The summed E-state index contributed by atoms with van der Waals surface area (Å²) < 4.78 is 5.22. The van der Waals surface area contributed by atoms with Crippen molar-refractivity contribution in [1.29, 1.82) is 0 Å². The fraction of sp³-hybridized carbons (Fsp3) is 0.375. The Hall–Kier alpha value is -2.14. The van der Waals surface area contributed by atoms with Crippen LogP contribution in [0.15, 0.2) is 24.4 Å². The molecular formula is C16H19N3O2. The molecule has 2 aromatic rings. The maximum absolute atomic E-state index is 9.99. The number of aryl methyl sites for hydroxylation is 1. The highest BCUT2D eigenvalue weighted by atomic mass is 16.5. The predicted octanol–water partition coefficient (Wildman–Crippen LogP) is 2.06. The van der Waals surface area contributed by atoms with Crippen molar-refractivity contribution >= 4 is 0 Å². The molecule has 5 heteroatoms. The third-order valence-corrected chi connectivity index (χ3v) is 3.81. The van der Waals surface area contributed by atoms with E-state index in [1.54, 1.807) is 19.2 Å². The second-order valence-corrected chi connectivity index (χ2v) is 5.34. The van der Waals surface area contributed by atoms with Crippen LogP contribution in [0.4, 0.5) is 0 Å². The summed E-state index contributed by atoms with van der Waals surface area (Å²) in [5, 5.41) is 9.99. The molecule has 0 fully saturated rings. The van der Waals surface area contributed by atoms with Gasteiger partial charge in [0, 0.05) is 49.1 Å². The number of rotatable bonds is 3. The fourth-order valence-electron chi connectivity index (χ4n) is 2.67. The Morgan fingerprint density at radius 3 is 3.05 bits per heavy atom. The van der Waals surface area contributed by atoms with Crippen LogP contribution >= 0.6 is 0 Å². The lowest BCUT2D eigenvalue weighted by Gasteiger charge is -2.28. The van der Waals surface area contributed by atoms with Crippen LogP contribution in [0, 0.1) is 6.92 Å². The number of aromatic hydroxyl groups is 1. The monoisotopic (exact) mass is 285 g/mol. The number of phenols is 1. The Morgan fingerprint density at radius 2 is 2.24 bits per heavy atom. The molecule has 0 aliphatic carbocycles. The van der Waals surface area contributed by atoms with Crippen molar-refractivity contribution in [3.63, 3.8) is 0 Å². The second kappa shape index (κ2) is 5.69. The van der Waals surface area contributed by atoms with Crippen molar-refractivity contribution in [1.82, 2.24) is 14.9 Å². The van der Waals surface area contributed by atoms with Crippen molar-refractivity contribution in [3.8, 4) is 11.5 Å². The summed E-state index contributed by atoms with van der Waals surface area (Å²) >= 11 is 0. The third kappa shape index (κ3) is 2.97. The van der Waals surface area contributed by atoms with E-state index in [1.807, 2.05) is 19.2 Å². The number of fused-ring (bicyclic) bond motifs is 1. The summed E-state index contributed by atoms with van der Waals surface area (Å²) in [7, 11) is 1.63. The quantitative estimate of drug-likeness (QED) is 0.935. The van der Waals surface area contributed by atoms with Gasteiger partial charge >= 0.3 is 0 Å². The first-order valence-corrected chi connectivity index (χ1v) is 7.05. The van der Waals surface area contributed by atoms with E-state index in [2.05, 4.69) is 14.9 Å². The molecule has 0 atom stereocenters. The van der Waals surface area contributed by atoms with Gasteiger partial charge in [-0.3, -0.25) is 4.90 Å². The molecule has 0 radical (unpaired) electrons. The van der Waals surface area contributed by atoms with Crippen LogP contribution in [-0.4, -0.2) is 33.6 Å². The molecule has 1 N–H and O–H groups in total. The molecule has 1 aliphatic rings. The molecule has 0 saturated carbocycles. The average Bonchev–Trinajstić information content (AvgIpc) is 2.49. The number of benzene rings is 1. The Balaban J connectivity index is 1.76. The highest BCUT2D eigenvalue weighted by molar-refractivity contribution is 5.39. The molecule has 0 bridgehead atoms. The maximum atomic E-state index is 9.99. The number of nitrogens with zero attached hydrogens (tertiary/aromatic N) is 3. The first-order valence-electron chi connectivity index (χ1n) is 7.05. The smallest absolute Gasteiger partial charge is 0.125 e. The van der Waals surface area contributed by atoms with Gasteiger partial charge < -0.3 is 9.84 Å². The molecule has 1 aromatic heterocycles. The summed E-state index contributed by atoms with van der Waals surface area (Å²) in [5.74, 6) is 1.90. The number of aromatic nitrogens is 2. The van der Waals surface area contributed by atoms with Crippen LogP contribution in [0.1, 0.15) is 22.6 Å². The standard InChI is InChI=1S/C16H19N3O2/c1-11-17-8-13-10-19(6-5-15(13)18-11)9-12-7-14(21-2)3-4-16(12)20/h3-4,7-8,20H,5-6,9-10H2,1-2H3. The summed E-state index contributed by atoms with van der Waals surface area (Å²) in [5.41, 5.74) is 3.20. The summed E-state index contributed by atoms with van der Waals surface area (Å²) in [6.07, 6.45) is 2.83. The summed E-state index contributed by atoms with van der Waals surface area (Å²) in [6.45, 7) is 4.35. The van der Waals surface area contributed by atoms with Gasteiger partial charge in [0.2, 0.25) is 0 Å². The molecule has 5 nitrogen and oxygen atoms in total. The van der Waals surface area contributed by atoms with E-state index >= 15 is 0 Å². The highest BCUT2D eigenvalue weighted by Gasteiger charge is 2.19. The number of hydrogen-bond donors (Lipinski definition) is 1. The molecule has 0 unspecified atom stereocenters. The molecule has 1 aliphatic heterocycles. The van der Waals surface area contributed by atoms with E-state index in [9.17, 15) is 5.11 Å². The summed E-state index contributed by atoms with van der Waals surface area (Å²) in [6, 6.07) is 5.33. The number of phenolic OH excluding ortho intramolecular Hbond substituents is 1. The Labute approximate surface area is 124 Å². The predicted molar refractivity (Wildman–Crippen MR) is 79.2 cm³/mol. The highest BCUT2D eigenvalue weighted by Crippen LogP contribution is 2.26. The fourth-order valence-corrected chi connectivity index (χ4v) is 2.67. The van der Waals surface area contributed by atoms with E-state index < -0.39 is 0 Å². The van der Waals surface area contributed by atoms with Crippen LogP contribution in [0.3, 0.4) is 0 Å². The van der Waals surface area contributed by atoms with Gasteiger partial charge in [0.05, 0.1) is 7.11 Å². The normalized spacial score (nSPS) is 14.8. The maximum Gasteiger partial charge on any atom is 0.125 e. The van der Waals surface area contributed by atoms with Crippen molar-refractivity contribution in [2.75, 3.05) is 13.7 Å². The van der Waals surface area contributed by atoms with Crippen molar-refractivity contribution in [3.05, 3.63) is 47.0 Å². The summed E-state index contributed by atoms with van der Waals surface area (Å²) in [4.78, 5) is 11.1. The van der Waals surface area contributed by atoms with Gasteiger partial charge in [0.1, 0.15) is 17.3 Å². The molecule has 110 valence electrons. The van der Waals surface area contributed by atoms with Crippen LogP contribution in [0.2, 0.25) is 0 Å². The average molecular weight is 285 g/mol. The van der Waals surface area contributed by atoms with Gasteiger partial charge in [0.15, 0.2) is 0 Å². The van der Waals surface area contributed by atoms with Crippen LogP contribution in [0.25, 0.3) is 0 Å². The number of methoxy groups -OCH3 is 1. The molecule has 0 saturated heterocycles. The second-order valence-electron chi connectivity index (χ2n) is 5.34. The minimum absolute atomic E-state index is 0.307. The minimum atomic E-state index is 0.307. The van der Waals surface area contributed by atoms with Gasteiger partial charge in [0.25, 0.3) is 0 Å². The Bertz CT molecular complexity index is 658. The minimum Gasteiger partial charge on any atom is -0.508 e. The lowest BCUT2D eigenvalue weighted by Crippen LogP contribution is -2.31. The van der Waals surface area contributed by atoms with Crippen LogP contribution in [0.5, 0.6) is 11.5 Å². The molecule has 0 amide bonds. The lowest BCUT2D eigenvalue weighted by molar-refractivity contribution is 0.239. The van der Waals surface area contributed by atoms with E-state index in [1.165, 1.54) is 5.56 Å². The Kier molecular flexibility index (Phi) is 3.75. The molecule has 21 heavy (non-hydrogen) atoms. The van der Waals surface area contributed by atoms with Gasteiger partial charge in [-0.2, -0.15) is 0 Å². The molecule has 0 spiro atoms. The van der Waals surface area contributed by atoms with Crippen LogP contribution < -0.4 is 4.74 Å². The lowest BCUT2D eigenvalue weighted by atomic mass is 10.1. The first kappa shape index (κ1) is 13.8. The third-order valence-electron chi connectivity index (χ3n) is 3.81. The van der Waals surface area contributed by atoms with Gasteiger partial charge in [-0.05, 0) is 25.1 Å². The van der Waals surface area contributed by atoms with Gasteiger partial charge in [-0.15, -0.1) is 0 Å². The van der Waals surface area contributed by atoms with Gasteiger partial charge in [-0.25, -0.2) is 9.97 Å². The molecule has 3 rings (SSSR count).